The van der Waals surface area contributed by atoms with Crippen LogP contribution in [0.5, 0.6) is 11.5 Å². The minimum absolute atomic E-state index is 0.126. The third kappa shape index (κ3) is 4.50. The van der Waals surface area contributed by atoms with E-state index >= 15 is 0 Å². The molecule has 1 rings (SSSR count). The van der Waals surface area contributed by atoms with Gasteiger partial charge >= 0.3 is 5.97 Å². The Morgan fingerprint density at radius 1 is 1.21 bits per heavy atom. The molecule has 0 saturated heterocycles. The number of amides is 1. The predicted molar refractivity (Wildman–Crippen MR) is 68.5 cm³/mol. The van der Waals surface area contributed by atoms with Gasteiger partial charge in [0.1, 0.15) is 6.61 Å². The van der Waals surface area contributed by atoms with Crippen LogP contribution in [0.15, 0.2) is 18.2 Å². The summed E-state index contributed by atoms with van der Waals surface area (Å²) in [5, 5.41) is 2.61. The van der Waals surface area contributed by atoms with Gasteiger partial charge in [-0.05, 0) is 18.2 Å². The van der Waals surface area contributed by atoms with Crippen molar-refractivity contribution in [3.8, 4) is 11.5 Å². The van der Waals surface area contributed by atoms with Crippen molar-refractivity contribution in [3.63, 3.8) is 0 Å². The van der Waals surface area contributed by atoms with E-state index < -0.39 is 5.97 Å². The number of hydrogen-bond acceptors (Lipinski definition) is 5. The third-order valence-electron chi connectivity index (χ3n) is 2.32. The molecule has 0 aromatic heterocycles. The monoisotopic (exact) mass is 267 g/mol. The Morgan fingerprint density at radius 2 is 1.95 bits per heavy atom. The lowest BCUT2D eigenvalue weighted by Gasteiger charge is -2.11. The number of carbonyl (C=O) groups is 2. The molecular weight excluding hydrogens is 250 g/mol. The fourth-order valence-corrected chi connectivity index (χ4v) is 1.42. The lowest BCUT2D eigenvalue weighted by Crippen LogP contribution is -2.25. The molecule has 0 heterocycles. The van der Waals surface area contributed by atoms with Crippen LogP contribution in [-0.4, -0.2) is 39.2 Å². The molecule has 0 radical (unpaired) electrons. The molecule has 0 aliphatic rings. The first kappa shape index (κ1) is 14.8. The Kier molecular flexibility index (Phi) is 5.66. The van der Waals surface area contributed by atoms with Crippen molar-refractivity contribution in [2.45, 2.75) is 6.92 Å². The molecule has 1 aromatic rings. The molecule has 6 heteroatoms. The third-order valence-corrected chi connectivity index (χ3v) is 2.32. The molecule has 0 spiro atoms. The number of esters is 1. The van der Waals surface area contributed by atoms with Gasteiger partial charge in [0.2, 0.25) is 5.91 Å². The Morgan fingerprint density at radius 3 is 2.53 bits per heavy atom. The van der Waals surface area contributed by atoms with Crippen molar-refractivity contribution in [2.75, 3.05) is 27.4 Å². The van der Waals surface area contributed by atoms with Crippen LogP contribution < -0.4 is 14.8 Å². The minimum Gasteiger partial charge on any atom is -0.493 e. The summed E-state index contributed by atoms with van der Waals surface area (Å²) in [5.74, 6) is 0.361. The van der Waals surface area contributed by atoms with Crippen molar-refractivity contribution in [2.24, 2.45) is 0 Å². The molecule has 0 aliphatic carbocycles. The second kappa shape index (κ2) is 7.25. The van der Waals surface area contributed by atoms with Crippen LogP contribution in [-0.2, 0) is 9.53 Å². The maximum absolute atomic E-state index is 11.4. The van der Waals surface area contributed by atoms with Crippen molar-refractivity contribution >= 4 is 11.9 Å². The number of rotatable bonds is 6. The molecule has 1 aromatic carbocycles. The molecule has 1 N–H and O–H groups in total. The summed E-state index contributed by atoms with van der Waals surface area (Å²) < 4.78 is 15.2. The van der Waals surface area contributed by atoms with Crippen LogP contribution >= 0.6 is 0 Å². The van der Waals surface area contributed by atoms with Gasteiger partial charge in [-0.3, -0.25) is 4.79 Å². The summed E-state index contributed by atoms with van der Waals surface area (Å²) in [6, 6.07) is 4.75. The molecule has 0 bridgehead atoms. The number of ether oxygens (including phenoxy) is 3. The van der Waals surface area contributed by atoms with Crippen molar-refractivity contribution in [3.05, 3.63) is 23.8 Å². The van der Waals surface area contributed by atoms with E-state index in [2.05, 4.69) is 10.1 Å². The summed E-state index contributed by atoms with van der Waals surface area (Å²) in [7, 11) is 2.82. The zero-order chi connectivity index (χ0) is 14.3. The maximum Gasteiger partial charge on any atom is 0.337 e. The number of benzene rings is 1. The fourth-order valence-electron chi connectivity index (χ4n) is 1.42. The van der Waals surface area contributed by atoms with Crippen LogP contribution in [0, 0.1) is 0 Å². The topological polar surface area (TPSA) is 73.9 Å². The van der Waals surface area contributed by atoms with Gasteiger partial charge in [-0.15, -0.1) is 0 Å². The average molecular weight is 267 g/mol. The van der Waals surface area contributed by atoms with E-state index in [0.717, 1.165) is 0 Å². The second-order valence-corrected chi connectivity index (χ2v) is 3.69. The number of hydrogen-bond donors (Lipinski definition) is 1. The van der Waals surface area contributed by atoms with Crippen LogP contribution in [0.25, 0.3) is 0 Å². The lowest BCUT2D eigenvalue weighted by atomic mass is 10.2. The number of methoxy groups -OCH3 is 2. The van der Waals surface area contributed by atoms with E-state index in [4.69, 9.17) is 9.47 Å². The molecule has 19 heavy (non-hydrogen) atoms. The highest BCUT2D eigenvalue weighted by Gasteiger charge is 2.11. The summed E-state index contributed by atoms with van der Waals surface area (Å²) >= 11 is 0. The van der Waals surface area contributed by atoms with Gasteiger partial charge < -0.3 is 19.5 Å². The van der Waals surface area contributed by atoms with Gasteiger partial charge in [-0.2, -0.15) is 0 Å². The van der Waals surface area contributed by atoms with Crippen molar-refractivity contribution < 1.29 is 23.8 Å². The first-order chi connectivity index (χ1) is 9.08. The van der Waals surface area contributed by atoms with Gasteiger partial charge in [0.25, 0.3) is 0 Å². The Balaban J connectivity index is 2.73. The van der Waals surface area contributed by atoms with E-state index in [1.165, 1.54) is 21.1 Å². The summed E-state index contributed by atoms with van der Waals surface area (Å²) in [5.41, 5.74) is 0.373. The highest BCUT2D eigenvalue weighted by molar-refractivity contribution is 5.90. The van der Waals surface area contributed by atoms with Gasteiger partial charge in [0.05, 0.1) is 26.3 Å². The largest absolute Gasteiger partial charge is 0.493 e. The van der Waals surface area contributed by atoms with E-state index in [0.29, 0.717) is 23.6 Å². The first-order valence-corrected chi connectivity index (χ1v) is 5.72. The van der Waals surface area contributed by atoms with Crippen LogP contribution in [0.1, 0.15) is 17.3 Å². The Hall–Kier alpha value is -2.24. The molecule has 0 fully saturated rings. The molecule has 1 amide bonds. The normalized spacial score (nSPS) is 9.63. The smallest absolute Gasteiger partial charge is 0.337 e. The van der Waals surface area contributed by atoms with Gasteiger partial charge in [-0.25, -0.2) is 4.79 Å². The summed E-state index contributed by atoms with van der Waals surface area (Å²) in [4.78, 5) is 22.1. The van der Waals surface area contributed by atoms with Gasteiger partial charge in [0, 0.05) is 6.92 Å². The zero-order valence-electron chi connectivity index (χ0n) is 11.2. The maximum atomic E-state index is 11.4. The minimum atomic E-state index is -0.450. The standard InChI is InChI=1S/C13H17NO5/c1-9(15)14-6-7-19-12-8-10(13(16)18-3)4-5-11(12)17-2/h4-5,8H,6-7H2,1-3H3,(H,14,15). The first-order valence-electron chi connectivity index (χ1n) is 5.72. The Labute approximate surface area is 111 Å². The SMILES string of the molecule is COC(=O)c1ccc(OC)c(OCCNC(C)=O)c1. The van der Waals surface area contributed by atoms with E-state index in [-0.39, 0.29) is 12.5 Å². The molecule has 0 saturated carbocycles. The predicted octanol–water partition coefficient (Wildman–Crippen LogP) is 0.997. The highest BCUT2D eigenvalue weighted by atomic mass is 16.5. The average Bonchev–Trinajstić information content (AvgIpc) is 2.42. The molecule has 0 atom stereocenters. The van der Waals surface area contributed by atoms with Gasteiger partial charge in [-0.1, -0.05) is 0 Å². The molecule has 0 aliphatic heterocycles. The van der Waals surface area contributed by atoms with Crippen LogP contribution in [0.2, 0.25) is 0 Å². The highest BCUT2D eigenvalue weighted by Crippen LogP contribution is 2.28. The van der Waals surface area contributed by atoms with Gasteiger partial charge in [0.15, 0.2) is 11.5 Å². The lowest BCUT2D eigenvalue weighted by molar-refractivity contribution is -0.119. The van der Waals surface area contributed by atoms with E-state index in [1.807, 2.05) is 0 Å². The van der Waals surface area contributed by atoms with Crippen LogP contribution in [0.4, 0.5) is 0 Å². The number of nitrogens with one attached hydrogen (secondary N) is 1. The summed E-state index contributed by atoms with van der Waals surface area (Å²) in [6.45, 7) is 2.08. The van der Waals surface area contributed by atoms with E-state index in [9.17, 15) is 9.59 Å². The van der Waals surface area contributed by atoms with Crippen LogP contribution in [0.3, 0.4) is 0 Å². The molecular formula is C13H17NO5. The summed E-state index contributed by atoms with van der Waals surface area (Å²) in [6.07, 6.45) is 0. The fraction of sp³-hybridized carbons (Fsp3) is 0.385. The second-order valence-electron chi connectivity index (χ2n) is 3.69. The number of carbonyl (C=O) groups excluding carboxylic acids is 2. The molecule has 6 nitrogen and oxygen atoms in total. The Bertz CT molecular complexity index is 458. The zero-order valence-corrected chi connectivity index (χ0v) is 11.2. The van der Waals surface area contributed by atoms with E-state index in [1.54, 1.807) is 18.2 Å². The molecule has 104 valence electrons. The van der Waals surface area contributed by atoms with Crippen molar-refractivity contribution in [1.29, 1.82) is 0 Å². The van der Waals surface area contributed by atoms with Crippen molar-refractivity contribution in [1.82, 2.24) is 5.32 Å². The molecule has 0 unspecified atom stereocenters. The quantitative estimate of drug-likeness (QED) is 0.614.